The summed E-state index contributed by atoms with van der Waals surface area (Å²) in [6, 6.07) is 6.82. The van der Waals surface area contributed by atoms with Gasteiger partial charge in [0.05, 0.1) is 22.4 Å². The van der Waals surface area contributed by atoms with Crippen LogP contribution in [0.25, 0.3) is 0 Å². The van der Waals surface area contributed by atoms with Gasteiger partial charge in [0.1, 0.15) is 0 Å². The Balaban J connectivity index is 2.99. The molecule has 0 aromatic heterocycles. The molecule has 1 rings (SSSR count). The molecule has 0 radical (unpaired) electrons. The number of sulfone groups is 1. The summed E-state index contributed by atoms with van der Waals surface area (Å²) in [4.78, 5) is 0.309. The maximum absolute atomic E-state index is 12.1. The van der Waals surface area contributed by atoms with E-state index in [4.69, 9.17) is 0 Å². The minimum atomic E-state index is -3.29. The van der Waals surface area contributed by atoms with E-state index < -0.39 is 27.3 Å². The minimum Gasteiger partial charge on any atom is -0.391 e. The van der Waals surface area contributed by atoms with Crippen molar-refractivity contribution in [3.8, 4) is 0 Å². The van der Waals surface area contributed by atoms with Gasteiger partial charge in [0, 0.05) is 0 Å². The fourth-order valence-electron chi connectivity index (χ4n) is 1.97. The molecule has 0 amide bonds. The molecule has 0 spiro atoms. The van der Waals surface area contributed by atoms with Crippen molar-refractivity contribution >= 4 is 9.84 Å². The first-order valence-electron chi connectivity index (χ1n) is 6.86. The van der Waals surface area contributed by atoms with Gasteiger partial charge in [0.2, 0.25) is 0 Å². The van der Waals surface area contributed by atoms with E-state index in [0.29, 0.717) is 11.3 Å². The third-order valence-corrected chi connectivity index (χ3v) is 5.68. The van der Waals surface area contributed by atoms with E-state index in [1.807, 2.05) is 13.0 Å². The predicted molar refractivity (Wildman–Crippen MR) is 79.5 cm³/mol. The van der Waals surface area contributed by atoms with E-state index in [2.05, 4.69) is 0 Å². The van der Waals surface area contributed by atoms with E-state index in [-0.39, 0.29) is 5.92 Å². The Hall–Kier alpha value is -0.910. The van der Waals surface area contributed by atoms with Crippen molar-refractivity contribution in [2.45, 2.75) is 62.4 Å². The molecule has 0 bridgehead atoms. The Labute approximate surface area is 121 Å². The number of aliphatic hydroxyl groups is 2. The topological polar surface area (TPSA) is 74.6 Å². The van der Waals surface area contributed by atoms with E-state index >= 15 is 0 Å². The minimum absolute atomic E-state index is 0.0260. The van der Waals surface area contributed by atoms with E-state index in [9.17, 15) is 18.6 Å². The summed E-state index contributed by atoms with van der Waals surface area (Å²) in [7, 11) is -3.29. The Morgan fingerprint density at radius 2 is 1.70 bits per heavy atom. The molecule has 0 aliphatic carbocycles. The summed E-state index contributed by atoms with van der Waals surface area (Å²) >= 11 is 0. The Morgan fingerprint density at radius 3 is 2.20 bits per heavy atom. The molecule has 0 aliphatic rings. The number of hydrogen-bond acceptors (Lipinski definition) is 4. The summed E-state index contributed by atoms with van der Waals surface area (Å²) in [6.45, 7) is 6.76. The second kappa shape index (κ2) is 6.70. The molecule has 1 aromatic carbocycles. The molecule has 2 N–H and O–H groups in total. The van der Waals surface area contributed by atoms with Gasteiger partial charge >= 0.3 is 0 Å². The monoisotopic (exact) mass is 300 g/mol. The van der Waals surface area contributed by atoms with Crippen LogP contribution in [0.2, 0.25) is 0 Å². The van der Waals surface area contributed by atoms with Gasteiger partial charge in [0.15, 0.2) is 9.84 Å². The maximum atomic E-state index is 12.1. The fourth-order valence-corrected chi connectivity index (χ4v) is 3.08. The first-order chi connectivity index (χ1) is 9.16. The second-order valence-electron chi connectivity index (χ2n) is 5.61. The van der Waals surface area contributed by atoms with Gasteiger partial charge in [-0.25, -0.2) is 8.42 Å². The average molecular weight is 300 g/mol. The highest BCUT2D eigenvalue weighted by Gasteiger charge is 2.21. The van der Waals surface area contributed by atoms with Crippen molar-refractivity contribution in [3.63, 3.8) is 0 Å². The number of aliphatic hydroxyl groups excluding tert-OH is 2. The molecule has 0 saturated carbocycles. The zero-order valence-corrected chi connectivity index (χ0v) is 13.3. The number of rotatable bonds is 6. The first-order valence-corrected chi connectivity index (χ1v) is 8.41. The van der Waals surface area contributed by atoms with Crippen LogP contribution in [0.3, 0.4) is 0 Å². The summed E-state index contributed by atoms with van der Waals surface area (Å²) in [6.07, 6.45) is -1.21. The van der Waals surface area contributed by atoms with Crippen LogP contribution in [0.1, 0.15) is 45.6 Å². The maximum Gasteiger partial charge on any atom is 0.180 e. The van der Waals surface area contributed by atoms with E-state index in [0.717, 1.165) is 5.56 Å². The molecule has 3 atom stereocenters. The average Bonchev–Trinajstić information content (AvgIpc) is 2.38. The molecular formula is C15H24O4S. The van der Waals surface area contributed by atoms with Crippen molar-refractivity contribution in [3.05, 3.63) is 29.8 Å². The normalized spacial score (nSPS) is 16.9. The lowest BCUT2D eigenvalue weighted by Crippen LogP contribution is -2.24. The molecular weight excluding hydrogens is 276 g/mol. The highest BCUT2D eigenvalue weighted by atomic mass is 32.2. The first kappa shape index (κ1) is 17.1. The highest BCUT2D eigenvalue weighted by molar-refractivity contribution is 7.92. The largest absolute Gasteiger partial charge is 0.391 e. The summed E-state index contributed by atoms with van der Waals surface area (Å²) in [5.74, 6) is -0.0260. The van der Waals surface area contributed by atoms with Crippen molar-refractivity contribution in [2.24, 2.45) is 0 Å². The molecule has 0 saturated heterocycles. The van der Waals surface area contributed by atoms with Crippen LogP contribution in [0.5, 0.6) is 0 Å². The zero-order chi connectivity index (χ0) is 15.5. The Morgan fingerprint density at radius 1 is 1.10 bits per heavy atom. The van der Waals surface area contributed by atoms with Crippen LogP contribution in [0.4, 0.5) is 0 Å². The standard InChI is InChI=1S/C15H24O4S/c1-10(2)20(18,19)14-7-5-6-13(9-14)11(3)8-15(17)12(4)16/h5-7,9-12,15-17H,8H2,1-4H3. The molecule has 3 unspecified atom stereocenters. The van der Waals surface area contributed by atoms with Crippen LogP contribution in [0.15, 0.2) is 29.2 Å². The molecule has 5 heteroatoms. The van der Waals surface area contributed by atoms with Crippen LogP contribution in [-0.4, -0.2) is 36.1 Å². The molecule has 0 aliphatic heterocycles. The van der Waals surface area contributed by atoms with Gasteiger partial charge in [-0.15, -0.1) is 0 Å². The lowest BCUT2D eigenvalue weighted by atomic mass is 9.93. The molecule has 0 heterocycles. The van der Waals surface area contributed by atoms with Gasteiger partial charge in [-0.3, -0.25) is 0 Å². The smallest absolute Gasteiger partial charge is 0.180 e. The van der Waals surface area contributed by atoms with Crippen molar-refractivity contribution in [1.82, 2.24) is 0 Å². The third kappa shape index (κ3) is 4.04. The highest BCUT2D eigenvalue weighted by Crippen LogP contribution is 2.25. The molecule has 114 valence electrons. The van der Waals surface area contributed by atoms with Crippen LogP contribution in [-0.2, 0) is 9.84 Å². The SMILES string of the molecule is CC(CC(O)C(C)O)c1cccc(S(=O)(=O)C(C)C)c1. The number of benzene rings is 1. The Kier molecular flexibility index (Phi) is 5.74. The molecule has 1 aromatic rings. The van der Waals surface area contributed by atoms with Crippen molar-refractivity contribution < 1.29 is 18.6 Å². The lowest BCUT2D eigenvalue weighted by molar-refractivity contribution is 0.0227. The van der Waals surface area contributed by atoms with Gasteiger partial charge in [-0.1, -0.05) is 19.1 Å². The second-order valence-corrected chi connectivity index (χ2v) is 8.12. The van der Waals surface area contributed by atoms with Crippen molar-refractivity contribution in [1.29, 1.82) is 0 Å². The molecule has 4 nitrogen and oxygen atoms in total. The zero-order valence-electron chi connectivity index (χ0n) is 12.4. The van der Waals surface area contributed by atoms with E-state index in [1.165, 1.54) is 6.92 Å². The Bertz CT molecular complexity index is 535. The van der Waals surface area contributed by atoms with Crippen LogP contribution >= 0.6 is 0 Å². The fraction of sp³-hybridized carbons (Fsp3) is 0.600. The van der Waals surface area contributed by atoms with Crippen LogP contribution < -0.4 is 0 Å². The van der Waals surface area contributed by atoms with Gasteiger partial charge in [-0.05, 0) is 50.8 Å². The van der Waals surface area contributed by atoms with Gasteiger partial charge in [0.25, 0.3) is 0 Å². The summed E-state index contributed by atoms with van der Waals surface area (Å²) in [5, 5.41) is 18.6. The predicted octanol–water partition coefficient (Wildman–Crippen LogP) is 2.10. The lowest BCUT2D eigenvalue weighted by Gasteiger charge is -2.19. The summed E-state index contributed by atoms with van der Waals surface area (Å²) < 4.78 is 24.3. The van der Waals surface area contributed by atoms with Crippen molar-refractivity contribution in [2.75, 3.05) is 0 Å². The molecule has 0 fully saturated rings. The van der Waals surface area contributed by atoms with Gasteiger partial charge in [-0.2, -0.15) is 0 Å². The number of hydrogen-bond donors (Lipinski definition) is 2. The molecule has 20 heavy (non-hydrogen) atoms. The van der Waals surface area contributed by atoms with Gasteiger partial charge < -0.3 is 10.2 Å². The summed E-state index contributed by atoms with van der Waals surface area (Å²) in [5.41, 5.74) is 0.853. The van der Waals surface area contributed by atoms with E-state index in [1.54, 1.807) is 32.0 Å². The quantitative estimate of drug-likeness (QED) is 0.843. The third-order valence-electron chi connectivity index (χ3n) is 3.53. The van der Waals surface area contributed by atoms with Crippen LogP contribution in [0, 0.1) is 0 Å².